The van der Waals surface area contributed by atoms with E-state index in [0.29, 0.717) is 108 Å². The Bertz CT molecular complexity index is 5130. The minimum absolute atomic E-state index is 0.0333. The predicted molar refractivity (Wildman–Crippen MR) is 486 cm³/mol. The fourth-order valence-electron chi connectivity index (χ4n) is 16.5. The number of carboxylic acids is 2. The lowest BCUT2D eigenvalue weighted by Crippen LogP contribution is -2.45. The quantitative estimate of drug-likeness (QED) is 0.0213. The van der Waals surface area contributed by atoms with E-state index in [2.05, 4.69) is 242 Å². The number of carboxylic acid groups (broad SMARTS) is 2. The number of aromatic nitrogens is 8. The number of rotatable bonds is 32. The molecule has 4 aliphatic rings. The van der Waals surface area contributed by atoms with Crippen LogP contribution in [0.1, 0.15) is 203 Å². The van der Waals surface area contributed by atoms with Crippen molar-refractivity contribution in [2.24, 2.45) is 47.3 Å². The van der Waals surface area contributed by atoms with E-state index in [1.54, 1.807) is 0 Å². The first-order valence-electron chi connectivity index (χ1n) is 44.4. The van der Waals surface area contributed by atoms with Crippen molar-refractivity contribution in [3.63, 3.8) is 0 Å². The Hall–Kier alpha value is -12.0. The van der Waals surface area contributed by atoms with Crippen LogP contribution in [-0.2, 0) is 54.3 Å². The normalized spacial score (nSPS) is 19.1. The molecule has 24 nitrogen and oxygen atoms in total. The molecule has 126 heavy (non-hydrogen) atoms. The minimum Gasteiger partial charge on any atom is -0.481 e. The van der Waals surface area contributed by atoms with Crippen LogP contribution in [-0.4, -0.2) is 113 Å². The Morgan fingerprint density at radius 1 is 0.294 bits per heavy atom. The van der Waals surface area contributed by atoms with Crippen LogP contribution in [0.4, 0.5) is 0 Å². The molecule has 4 saturated carbocycles. The summed E-state index contributed by atoms with van der Waals surface area (Å²) in [5, 5.41) is 48.8. The first kappa shape index (κ1) is 91.7. The second kappa shape index (κ2) is 42.8. The summed E-state index contributed by atoms with van der Waals surface area (Å²) in [5.41, 5.74) is 17.2. The zero-order valence-corrected chi connectivity index (χ0v) is 74.8. The van der Waals surface area contributed by atoms with Gasteiger partial charge in [0.15, 0.2) is 0 Å². The van der Waals surface area contributed by atoms with Gasteiger partial charge in [-0.15, -0.1) is 0 Å². The van der Waals surface area contributed by atoms with Crippen LogP contribution in [0.5, 0.6) is 0 Å². The monoisotopic (exact) mass is 1700 g/mol. The molecule has 6 N–H and O–H groups in total. The SMILES string of the molecule is CC(C)Cc1ccc(-c2nc(-c3ccc([C@@H](C)NC4CC(C(=O)O)C4)cc3)no2)cc1.CC(C)Cc1ccc(-c2nc(-c3ccc([C@@H](C)NC4CC(C(=O)O)C4)cc3)no2)cc1.COC(=O)C1CC(N[C@H](C)c2ccc(-c3noc(-c4ccc(CC(C)C)cc4)n3)cc2)C1.COC(=O)C1CC(N[C@H](C)c2ccc(-c3noc(-c4ccc(CC(C)C)cc4)n3)cc2)C1. The summed E-state index contributed by atoms with van der Waals surface area (Å²) in [4.78, 5) is 63.3. The third kappa shape index (κ3) is 24.8. The number of hydrogen-bond donors (Lipinski definition) is 6. The van der Waals surface area contributed by atoms with Gasteiger partial charge in [-0.3, -0.25) is 19.2 Å². The molecule has 0 bridgehead atoms. The van der Waals surface area contributed by atoms with E-state index < -0.39 is 11.9 Å². The number of nitrogens with one attached hydrogen (secondary N) is 4. The van der Waals surface area contributed by atoms with Gasteiger partial charge in [0.1, 0.15) is 0 Å². The molecule has 24 heteroatoms. The second-order valence-corrected chi connectivity index (χ2v) is 36.1. The third-order valence-corrected chi connectivity index (χ3v) is 24.0. The van der Waals surface area contributed by atoms with Crippen molar-refractivity contribution < 1.29 is 57.0 Å². The summed E-state index contributed by atoms with van der Waals surface area (Å²) in [6.07, 6.45) is 10.3. The third-order valence-electron chi connectivity index (χ3n) is 24.0. The van der Waals surface area contributed by atoms with Crippen LogP contribution in [0.2, 0.25) is 0 Å². The zero-order chi connectivity index (χ0) is 89.2. The molecule has 12 aromatic rings. The van der Waals surface area contributed by atoms with Gasteiger partial charge in [-0.1, -0.05) is 222 Å². The molecule has 4 atom stereocenters. The van der Waals surface area contributed by atoms with Gasteiger partial charge in [0, 0.05) is 92.8 Å². The maximum Gasteiger partial charge on any atom is 0.308 e. The lowest BCUT2D eigenvalue weighted by Gasteiger charge is -2.36. The number of methoxy groups -OCH3 is 2. The number of carbonyl (C=O) groups excluding carboxylic acids is 2. The molecule has 4 aliphatic carbocycles. The molecule has 0 radical (unpaired) electrons. The van der Waals surface area contributed by atoms with Gasteiger partial charge >= 0.3 is 23.9 Å². The van der Waals surface area contributed by atoms with Gasteiger partial charge in [-0.25, -0.2) is 0 Å². The number of aliphatic carboxylic acids is 2. The summed E-state index contributed by atoms with van der Waals surface area (Å²) < 4.78 is 31.6. The van der Waals surface area contributed by atoms with Crippen LogP contribution in [0.15, 0.2) is 212 Å². The molecule has 16 rings (SSSR count). The summed E-state index contributed by atoms with van der Waals surface area (Å²) >= 11 is 0. The fraction of sp³-hybridized carbons (Fsp3) is 0.412. The van der Waals surface area contributed by atoms with Crippen LogP contribution >= 0.6 is 0 Å². The summed E-state index contributed by atoms with van der Waals surface area (Å²) in [6, 6.07) is 67.7. The lowest BCUT2D eigenvalue weighted by molar-refractivity contribution is -0.150. The lowest BCUT2D eigenvalue weighted by atomic mass is 9.80. The van der Waals surface area contributed by atoms with E-state index in [-0.39, 0.29) is 71.9 Å². The maximum atomic E-state index is 11.5. The van der Waals surface area contributed by atoms with E-state index >= 15 is 0 Å². The first-order chi connectivity index (χ1) is 60.6. The number of esters is 2. The van der Waals surface area contributed by atoms with Crippen molar-refractivity contribution in [1.29, 1.82) is 0 Å². The van der Waals surface area contributed by atoms with Gasteiger partial charge in [-0.2, -0.15) is 19.9 Å². The predicted octanol–water partition coefficient (Wildman–Crippen LogP) is 20.6. The number of benzene rings is 8. The largest absolute Gasteiger partial charge is 0.481 e. The second-order valence-electron chi connectivity index (χ2n) is 36.1. The van der Waals surface area contributed by atoms with E-state index in [1.165, 1.54) is 47.6 Å². The average Bonchev–Trinajstić information content (AvgIpc) is 1.68. The topological polar surface area (TPSA) is 331 Å². The highest BCUT2D eigenvalue weighted by Crippen LogP contribution is 2.37. The standard InChI is InChI=1S/2C26H31N3O3.2C25H29N3O3/c2*1-16(2)13-18-5-7-21(8-6-18)25-28-24(29-32-25)20-11-9-19(10-12-20)17(3)27-23-14-22(15-23)26(30)31-4;2*1-15(2)12-17-4-6-20(7-5-17)24-27-23(28-31-24)19-10-8-18(9-11-19)16(3)26-22-13-21(14-22)25(29)30/h2*5-12,16-17,22-23,27H,13-15H2,1-4H3;2*4-11,15-16,21-22,26H,12-14H2,1-3H3,(H,29,30)/t2*17-,22?,23?;2*16-,21?,22?/m1111/s1. The molecule has 8 aromatic carbocycles. The molecule has 660 valence electrons. The van der Waals surface area contributed by atoms with Gasteiger partial charge in [0.05, 0.1) is 37.9 Å². The highest BCUT2D eigenvalue weighted by molar-refractivity contribution is 5.75. The Kier molecular flexibility index (Phi) is 31.2. The van der Waals surface area contributed by atoms with E-state index in [0.717, 1.165) is 107 Å². The van der Waals surface area contributed by atoms with E-state index in [4.69, 9.17) is 37.8 Å². The molecule has 4 aromatic heterocycles. The number of nitrogens with zero attached hydrogens (tertiary/aromatic N) is 8. The molecule has 0 aliphatic heterocycles. The van der Waals surface area contributed by atoms with E-state index in [9.17, 15) is 19.2 Å². The Labute approximate surface area is 738 Å². The smallest absolute Gasteiger partial charge is 0.308 e. The van der Waals surface area contributed by atoms with Crippen molar-refractivity contribution in [3.05, 3.63) is 239 Å². The fourth-order valence-corrected chi connectivity index (χ4v) is 16.5. The molecule has 0 amide bonds. The van der Waals surface area contributed by atoms with Crippen molar-refractivity contribution in [2.75, 3.05) is 14.2 Å². The first-order valence-corrected chi connectivity index (χ1v) is 44.4. The maximum absolute atomic E-state index is 11.5. The average molecular weight is 1710 g/mol. The van der Waals surface area contributed by atoms with E-state index in [1.807, 2.05) is 97.1 Å². The summed E-state index contributed by atoms with van der Waals surface area (Å²) in [5.74, 6) is 4.95. The van der Waals surface area contributed by atoms with Crippen molar-refractivity contribution >= 4 is 23.9 Å². The van der Waals surface area contributed by atoms with Gasteiger partial charge in [0.2, 0.25) is 23.3 Å². The number of ether oxygens (including phenoxy) is 2. The van der Waals surface area contributed by atoms with Crippen LogP contribution in [0.3, 0.4) is 0 Å². The Balaban J connectivity index is 0.000000144. The van der Waals surface area contributed by atoms with Gasteiger partial charge in [-0.05, 0) is 221 Å². The molecular weight excluding hydrogens is 1590 g/mol. The number of hydrogen-bond acceptors (Lipinski definition) is 22. The molecule has 0 saturated heterocycles. The Morgan fingerprint density at radius 3 is 0.651 bits per heavy atom. The van der Waals surface area contributed by atoms with Crippen LogP contribution in [0, 0.1) is 47.3 Å². The summed E-state index contributed by atoms with van der Waals surface area (Å²) in [6.45, 7) is 26.2. The van der Waals surface area contributed by atoms with Crippen molar-refractivity contribution in [3.8, 4) is 91.4 Å². The molecule has 0 unspecified atom stereocenters. The number of carbonyl (C=O) groups is 4. The molecule has 4 heterocycles. The highest BCUT2D eigenvalue weighted by Gasteiger charge is 2.39. The zero-order valence-electron chi connectivity index (χ0n) is 74.8. The molecule has 4 fully saturated rings. The highest BCUT2D eigenvalue weighted by atomic mass is 16.5. The molecule has 0 spiro atoms. The molecular formula is C102H120N12O12. The van der Waals surface area contributed by atoms with Crippen molar-refractivity contribution in [1.82, 2.24) is 61.8 Å². The minimum atomic E-state index is -0.693. The summed E-state index contributed by atoms with van der Waals surface area (Å²) in [7, 11) is 2.90. The van der Waals surface area contributed by atoms with Crippen LogP contribution < -0.4 is 21.3 Å². The van der Waals surface area contributed by atoms with Gasteiger partial charge in [0.25, 0.3) is 23.6 Å². The van der Waals surface area contributed by atoms with Gasteiger partial charge < -0.3 is 59.0 Å². The van der Waals surface area contributed by atoms with Crippen LogP contribution in [0.25, 0.3) is 91.4 Å². The van der Waals surface area contributed by atoms with Crippen molar-refractivity contribution in [2.45, 2.75) is 208 Å². The Morgan fingerprint density at radius 2 is 0.476 bits per heavy atom.